The summed E-state index contributed by atoms with van der Waals surface area (Å²) in [5.74, 6) is 1.91. The molecule has 0 saturated heterocycles. The number of para-hydroxylation sites is 2. The van der Waals surface area contributed by atoms with Crippen molar-refractivity contribution in [1.82, 2.24) is 19.5 Å². The van der Waals surface area contributed by atoms with E-state index in [2.05, 4.69) is 120 Å². The highest BCUT2D eigenvalue weighted by Gasteiger charge is 2.21. The molecule has 4 aromatic heterocycles. The lowest BCUT2D eigenvalue weighted by Gasteiger charge is -2.11. The van der Waals surface area contributed by atoms with Crippen LogP contribution in [0.5, 0.6) is 0 Å². The van der Waals surface area contributed by atoms with Gasteiger partial charge in [-0.05, 0) is 48.0 Å². The molecule has 12 aromatic rings. The minimum atomic E-state index is 0.628. The summed E-state index contributed by atoms with van der Waals surface area (Å²) in [6, 6.07) is 63.8. The highest BCUT2D eigenvalue weighted by molar-refractivity contribution is 7.26. The van der Waals surface area contributed by atoms with Crippen molar-refractivity contribution >= 4 is 75.3 Å². The van der Waals surface area contributed by atoms with Crippen LogP contribution < -0.4 is 0 Å². The standard InChI is InChI=1S/C51H30N4OS/c1-4-14-31(15-5-1)49-52-50(32-16-6-2-7-17-32)54-51(53-49)34-25-27-37-36-26-24-33(28-42(36)55(43(37)29-34)35-18-8-3-9-19-35)40-30-41-38-20-10-12-22-44(38)56-47(41)46-39-21-11-13-23-45(39)57-48(40)46/h1-30H. The number of hydrogen-bond acceptors (Lipinski definition) is 5. The van der Waals surface area contributed by atoms with E-state index < -0.39 is 0 Å². The molecule has 0 saturated carbocycles. The molecule has 0 aliphatic rings. The number of nitrogens with zero attached hydrogens (tertiary/aromatic N) is 4. The zero-order chi connectivity index (χ0) is 37.5. The third-order valence-electron chi connectivity index (χ3n) is 11.0. The van der Waals surface area contributed by atoms with Crippen LogP contribution in [0.1, 0.15) is 0 Å². The number of hydrogen-bond donors (Lipinski definition) is 0. The maximum Gasteiger partial charge on any atom is 0.164 e. The van der Waals surface area contributed by atoms with E-state index >= 15 is 0 Å². The first-order chi connectivity index (χ1) is 28.2. The SMILES string of the molecule is c1ccc(-c2nc(-c3ccccc3)nc(-c3ccc4c5ccc(-c6cc7c8ccccc8oc7c7c6sc6ccccc67)cc5n(-c5ccccc5)c4c3)n2)cc1. The van der Waals surface area contributed by atoms with Gasteiger partial charge in [0.15, 0.2) is 17.5 Å². The maximum absolute atomic E-state index is 6.61. The zero-order valence-corrected chi connectivity index (χ0v) is 31.2. The fourth-order valence-corrected chi connectivity index (χ4v) is 9.64. The molecule has 57 heavy (non-hydrogen) atoms. The molecular weight excluding hydrogens is 717 g/mol. The summed E-state index contributed by atoms with van der Waals surface area (Å²) in [6.07, 6.45) is 0. The Labute approximate surface area is 330 Å². The molecule has 4 heterocycles. The predicted molar refractivity (Wildman–Crippen MR) is 236 cm³/mol. The Balaban J connectivity index is 1.11. The monoisotopic (exact) mass is 746 g/mol. The Kier molecular flexibility index (Phi) is 7.03. The Morgan fingerprint density at radius 1 is 0.421 bits per heavy atom. The molecule has 5 nitrogen and oxygen atoms in total. The molecule has 0 aliphatic carbocycles. The van der Waals surface area contributed by atoms with Gasteiger partial charge in [-0.3, -0.25) is 0 Å². The average molecular weight is 747 g/mol. The smallest absolute Gasteiger partial charge is 0.164 e. The molecule has 0 N–H and O–H groups in total. The topological polar surface area (TPSA) is 56.7 Å². The average Bonchev–Trinajstić information content (AvgIpc) is 3.96. The summed E-state index contributed by atoms with van der Waals surface area (Å²) in [7, 11) is 0. The molecule has 0 unspecified atom stereocenters. The second kappa shape index (κ2) is 12.6. The van der Waals surface area contributed by atoms with Crippen molar-refractivity contribution in [2.24, 2.45) is 0 Å². The van der Waals surface area contributed by atoms with Crippen molar-refractivity contribution in [3.8, 4) is 51.0 Å². The van der Waals surface area contributed by atoms with Crippen LogP contribution in [0, 0.1) is 0 Å². The van der Waals surface area contributed by atoms with E-state index in [-0.39, 0.29) is 0 Å². The molecule has 8 aromatic carbocycles. The van der Waals surface area contributed by atoms with E-state index in [0.29, 0.717) is 17.5 Å². The Morgan fingerprint density at radius 2 is 0.965 bits per heavy atom. The molecule has 0 atom stereocenters. The van der Waals surface area contributed by atoms with Crippen LogP contribution >= 0.6 is 11.3 Å². The third kappa shape index (κ3) is 5.04. The second-order valence-corrected chi connectivity index (χ2v) is 15.4. The Hall–Kier alpha value is -7.41. The quantitative estimate of drug-likeness (QED) is 0.176. The van der Waals surface area contributed by atoms with Gasteiger partial charge in [0.05, 0.1) is 11.0 Å². The Bertz CT molecular complexity index is 3460. The minimum absolute atomic E-state index is 0.628. The van der Waals surface area contributed by atoms with E-state index in [1.165, 1.54) is 31.1 Å². The number of rotatable bonds is 5. The maximum atomic E-state index is 6.61. The van der Waals surface area contributed by atoms with Crippen molar-refractivity contribution in [2.75, 3.05) is 0 Å². The summed E-state index contributed by atoms with van der Waals surface area (Å²) in [5.41, 5.74) is 10.3. The van der Waals surface area contributed by atoms with E-state index in [4.69, 9.17) is 19.4 Å². The van der Waals surface area contributed by atoms with Crippen LogP contribution in [0.15, 0.2) is 186 Å². The highest BCUT2D eigenvalue weighted by atomic mass is 32.1. The molecule has 0 aliphatic heterocycles. The second-order valence-electron chi connectivity index (χ2n) is 14.4. The molecule has 0 fully saturated rings. The summed E-state index contributed by atoms with van der Waals surface area (Å²) in [4.78, 5) is 15.1. The van der Waals surface area contributed by atoms with Crippen LogP contribution in [0.2, 0.25) is 0 Å². The van der Waals surface area contributed by atoms with Crippen molar-refractivity contribution in [1.29, 1.82) is 0 Å². The van der Waals surface area contributed by atoms with Crippen molar-refractivity contribution in [3.05, 3.63) is 182 Å². The van der Waals surface area contributed by atoms with E-state index in [9.17, 15) is 0 Å². The first-order valence-corrected chi connectivity index (χ1v) is 19.8. The van der Waals surface area contributed by atoms with E-state index in [1.54, 1.807) is 0 Å². The van der Waals surface area contributed by atoms with Gasteiger partial charge in [0.1, 0.15) is 11.2 Å². The number of benzene rings is 8. The van der Waals surface area contributed by atoms with Gasteiger partial charge in [0.25, 0.3) is 0 Å². The number of aromatic nitrogens is 4. The molecule has 0 bridgehead atoms. The molecular formula is C51H30N4OS. The first-order valence-electron chi connectivity index (χ1n) is 19.0. The lowest BCUT2D eigenvalue weighted by atomic mass is 9.98. The lowest BCUT2D eigenvalue weighted by Crippen LogP contribution is -2.00. The van der Waals surface area contributed by atoms with Gasteiger partial charge in [-0.1, -0.05) is 140 Å². The van der Waals surface area contributed by atoms with Crippen molar-refractivity contribution in [2.45, 2.75) is 0 Å². The van der Waals surface area contributed by atoms with Gasteiger partial charge in [-0.25, -0.2) is 15.0 Å². The zero-order valence-electron chi connectivity index (χ0n) is 30.4. The highest BCUT2D eigenvalue weighted by Crippen LogP contribution is 2.47. The normalized spacial score (nSPS) is 11.9. The largest absolute Gasteiger partial charge is 0.455 e. The van der Waals surface area contributed by atoms with Gasteiger partial charge < -0.3 is 8.98 Å². The predicted octanol–water partition coefficient (Wildman–Crippen LogP) is 13.9. The van der Waals surface area contributed by atoms with Crippen molar-refractivity contribution < 1.29 is 4.42 Å². The van der Waals surface area contributed by atoms with Gasteiger partial charge in [-0.2, -0.15) is 0 Å². The fourth-order valence-electron chi connectivity index (χ4n) is 8.40. The van der Waals surface area contributed by atoms with Crippen LogP contribution in [0.3, 0.4) is 0 Å². The van der Waals surface area contributed by atoms with Crippen LogP contribution in [-0.2, 0) is 0 Å². The number of fused-ring (bicyclic) bond motifs is 10. The summed E-state index contributed by atoms with van der Waals surface area (Å²) < 4.78 is 11.5. The molecule has 6 heteroatoms. The summed E-state index contributed by atoms with van der Waals surface area (Å²) in [6.45, 7) is 0. The van der Waals surface area contributed by atoms with Gasteiger partial charge in [0, 0.05) is 69.7 Å². The van der Waals surface area contributed by atoms with Crippen LogP contribution in [0.25, 0.3) is 115 Å². The van der Waals surface area contributed by atoms with Gasteiger partial charge >= 0.3 is 0 Å². The lowest BCUT2D eigenvalue weighted by molar-refractivity contribution is 0.673. The minimum Gasteiger partial charge on any atom is -0.455 e. The van der Waals surface area contributed by atoms with Gasteiger partial charge in [-0.15, -0.1) is 11.3 Å². The van der Waals surface area contributed by atoms with Crippen LogP contribution in [0.4, 0.5) is 0 Å². The number of thiophene rings is 1. The summed E-state index contributed by atoms with van der Waals surface area (Å²) in [5, 5.41) is 6.99. The fraction of sp³-hybridized carbons (Fsp3) is 0. The molecule has 0 amide bonds. The summed E-state index contributed by atoms with van der Waals surface area (Å²) >= 11 is 1.83. The van der Waals surface area contributed by atoms with E-state index in [1.807, 2.05) is 78.1 Å². The van der Waals surface area contributed by atoms with Crippen LogP contribution in [-0.4, -0.2) is 19.5 Å². The van der Waals surface area contributed by atoms with Gasteiger partial charge in [0.2, 0.25) is 0 Å². The molecule has 266 valence electrons. The molecule has 0 radical (unpaired) electrons. The van der Waals surface area contributed by atoms with E-state index in [0.717, 1.165) is 66.3 Å². The van der Waals surface area contributed by atoms with Crippen molar-refractivity contribution in [3.63, 3.8) is 0 Å². The third-order valence-corrected chi connectivity index (χ3v) is 12.2. The number of furan rings is 1. The molecule has 12 rings (SSSR count). The molecule has 0 spiro atoms. The Morgan fingerprint density at radius 3 is 1.65 bits per heavy atom. The first kappa shape index (κ1) is 31.9.